The molecule has 0 radical (unpaired) electrons. The fraction of sp³-hybridized carbons (Fsp3) is 0.476. The highest BCUT2D eigenvalue weighted by atomic mass is 32.2. The highest BCUT2D eigenvalue weighted by molar-refractivity contribution is 8.14. The molecule has 33 heavy (non-hydrogen) atoms. The van der Waals surface area contributed by atoms with Gasteiger partial charge in [-0.25, -0.2) is 9.37 Å². The second kappa shape index (κ2) is 10.7. The van der Waals surface area contributed by atoms with Crippen molar-refractivity contribution in [2.45, 2.75) is 19.1 Å². The summed E-state index contributed by atoms with van der Waals surface area (Å²) < 4.78 is 17.3. The molecule has 2 aliphatic heterocycles. The number of nitrogens with zero attached hydrogens (tertiary/aromatic N) is 4. The van der Waals surface area contributed by atoms with Crippen LogP contribution in [0.15, 0.2) is 29.3 Å². The molecule has 2 aliphatic rings. The van der Waals surface area contributed by atoms with Crippen LogP contribution in [0, 0.1) is 0 Å². The summed E-state index contributed by atoms with van der Waals surface area (Å²) in [6.07, 6.45) is -0.985. The van der Waals surface area contributed by atoms with Gasteiger partial charge in [-0.15, -0.1) is 0 Å². The standard InChI is InChI=1S/C21H27N4O7S/c1-5-31-16(27)12-33-20-22-18-17(19(28)24(3)21(29)23(18)2)25(20)10-13(26)11-32-15-8-6-14(30-4)7-9-15/h6-9,13,17,26H,5,10-12H2,1-4H3/q+1. The number of hydrogen-bond donors (Lipinski definition) is 1. The minimum atomic E-state index is -0.985. The number of fused-ring (bicyclic) bond motifs is 1. The molecule has 1 saturated heterocycles. The van der Waals surface area contributed by atoms with Crippen LogP contribution in [-0.2, 0) is 14.3 Å². The highest BCUT2D eigenvalue weighted by Crippen LogP contribution is 2.23. The number of aliphatic hydroxyl groups excluding tert-OH is 1. The first-order chi connectivity index (χ1) is 15.8. The van der Waals surface area contributed by atoms with E-state index in [-0.39, 0.29) is 31.3 Å². The highest BCUT2D eigenvalue weighted by Gasteiger charge is 2.53. The Bertz CT molecular complexity index is 979. The zero-order chi connectivity index (χ0) is 24.1. The first-order valence-corrected chi connectivity index (χ1v) is 11.3. The summed E-state index contributed by atoms with van der Waals surface area (Å²) in [5.41, 5.74) is 0. The molecule has 178 valence electrons. The number of amides is 3. The molecule has 1 aromatic rings. The van der Waals surface area contributed by atoms with Crippen LogP contribution in [0.3, 0.4) is 0 Å². The Labute approximate surface area is 195 Å². The fourth-order valence-corrected chi connectivity index (χ4v) is 4.18. The molecule has 0 bridgehead atoms. The van der Waals surface area contributed by atoms with Gasteiger partial charge in [0.25, 0.3) is 17.8 Å². The minimum absolute atomic E-state index is 0.000586. The first-order valence-electron chi connectivity index (χ1n) is 10.3. The average Bonchev–Trinajstić information content (AvgIpc) is 3.17. The molecule has 11 nitrogen and oxygen atoms in total. The molecule has 1 aromatic carbocycles. The Kier molecular flexibility index (Phi) is 7.92. The van der Waals surface area contributed by atoms with Crippen molar-refractivity contribution >= 4 is 40.7 Å². The quantitative estimate of drug-likeness (QED) is 0.399. The number of urea groups is 1. The van der Waals surface area contributed by atoms with Crippen LogP contribution in [0.1, 0.15) is 6.92 Å². The predicted molar refractivity (Wildman–Crippen MR) is 121 cm³/mol. The smallest absolute Gasteiger partial charge is 0.358 e. The van der Waals surface area contributed by atoms with Crippen LogP contribution in [-0.4, -0.2) is 107 Å². The predicted octanol–water partition coefficient (Wildman–Crippen LogP) is 0.404. The van der Waals surface area contributed by atoms with E-state index in [9.17, 15) is 19.5 Å². The monoisotopic (exact) mass is 479 g/mol. The summed E-state index contributed by atoms with van der Waals surface area (Å²) in [5.74, 6) is 0.559. The normalized spacial score (nSPS) is 18.8. The number of thioether (sulfide) groups is 1. The molecule has 3 rings (SSSR count). The Hall–Kier alpha value is -3.12. The van der Waals surface area contributed by atoms with Gasteiger partial charge in [-0.2, -0.15) is 0 Å². The second-order valence-corrected chi connectivity index (χ2v) is 8.22. The SMILES string of the molecule is CCOC(=O)CSC1=[N+](CC(O)COc2ccc(OC)cc2)C2C(=O)N(C)C(=O)N(C)C2=N1. The first kappa shape index (κ1) is 24.5. The molecule has 1 fully saturated rings. The van der Waals surface area contributed by atoms with Crippen molar-refractivity contribution in [2.24, 2.45) is 4.99 Å². The van der Waals surface area contributed by atoms with Crippen LogP contribution in [0.4, 0.5) is 4.79 Å². The van der Waals surface area contributed by atoms with Crippen molar-refractivity contribution in [1.82, 2.24) is 9.80 Å². The number of likely N-dealkylation sites (N-methyl/N-ethyl adjacent to an activating group) is 2. The molecule has 12 heteroatoms. The number of amidine groups is 2. The van der Waals surface area contributed by atoms with E-state index in [2.05, 4.69) is 4.99 Å². The Morgan fingerprint density at radius 2 is 1.88 bits per heavy atom. The molecular weight excluding hydrogens is 452 g/mol. The van der Waals surface area contributed by atoms with Crippen molar-refractivity contribution in [3.63, 3.8) is 0 Å². The lowest BCUT2D eigenvalue weighted by atomic mass is 10.1. The van der Waals surface area contributed by atoms with E-state index < -0.39 is 30.1 Å². The van der Waals surface area contributed by atoms with E-state index in [0.717, 1.165) is 16.7 Å². The lowest BCUT2D eigenvalue weighted by molar-refractivity contribution is -0.541. The number of rotatable bonds is 9. The molecule has 2 heterocycles. The molecule has 2 atom stereocenters. The molecule has 3 amide bonds. The van der Waals surface area contributed by atoms with Gasteiger partial charge in [0, 0.05) is 14.1 Å². The molecule has 1 N–H and O–H groups in total. The number of β-amino-alcohol motifs (C(OH)–C–C–N with tert-alkyl or cyclic N) is 1. The summed E-state index contributed by atoms with van der Waals surface area (Å²) in [6, 6.07) is 5.52. The number of esters is 1. The Morgan fingerprint density at radius 3 is 2.52 bits per heavy atom. The lowest BCUT2D eigenvalue weighted by Crippen LogP contribution is -2.62. The van der Waals surface area contributed by atoms with E-state index in [4.69, 9.17) is 14.2 Å². The van der Waals surface area contributed by atoms with E-state index >= 15 is 0 Å². The van der Waals surface area contributed by atoms with Crippen LogP contribution in [0.2, 0.25) is 0 Å². The molecule has 0 saturated carbocycles. The summed E-state index contributed by atoms with van der Waals surface area (Å²) in [4.78, 5) is 43.8. The topological polar surface area (TPSA) is 121 Å². The van der Waals surface area contributed by atoms with Gasteiger partial charge in [0.15, 0.2) is 0 Å². The van der Waals surface area contributed by atoms with E-state index in [1.54, 1.807) is 42.9 Å². The van der Waals surface area contributed by atoms with Gasteiger partial charge in [0.2, 0.25) is 0 Å². The summed E-state index contributed by atoms with van der Waals surface area (Å²) in [7, 11) is 4.48. The fourth-order valence-electron chi connectivity index (χ4n) is 3.34. The largest absolute Gasteiger partial charge is 0.497 e. The summed E-state index contributed by atoms with van der Waals surface area (Å²) >= 11 is 1.08. The molecule has 0 aromatic heterocycles. The van der Waals surface area contributed by atoms with Crippen molar-refractivity contribution in [1.29, 1.82) is 0 Å². The van der Waals surface area contributed by atoms with Crippen LogP contribution >= 0.6 is 11.8 Å². The Balaban J connectivity index is 1.76. The lowest BCUT2D eigenvalue weighted by Gasteiger charge is -2.31. The third-order valence-corrected chi connectivity index (χ3v) is 5.99. The second-order valence-electron chi connectivity index (χ2n) is 7.28. The number of aliphatic hydroxyl groups is 1. The van der Waals surface area contributed by atoms with E-state index in [1.807, 2.05) is 0 Å². The van der Waals surface area contributed by atoms with Crippen molar-refractivity contribution in [2.75, 3.05) is 46.7 Å². The minimum Gasteiger partial charge on any atom is -0.497 e. The summed E-state index contributed by atoms with van der Waals surface area (Å²) in [6.45, 7) is 1.91. The third-order valence-electron chi connectivity index (χ3n) is 5.03. The summed E-state index contributed by atoms with van der Waals surface area (Å²) in [5, 5.41) is 11.0. The van der Waals surface area contributed by atoms with Crippen LogP contribution in [0.25, 0.3) is 0 Å². The Morgan fingerprint density at radius 1 is 1.21 bits per heavy atom. The number of hydrogen-bond acceptors (Lipinski definition) is 9. The van der Waals surface area contributed by atoms with Gasteiger partial charge < -0.3 is 19.3 Å². The maximum absolute atomic E-state index is 12.9. The zero-order valence-electron chi connectivity index (χ0n) is 18.9. The number of carbonyl (C=O) groups excluding carboxylic acids is 3. The van der Waals surface area contributed by atoms with Gasteiger partial charge in [0.1, 0.15) is 36.5 Å². The van der Waals surface area contributed by atoms with Gasteiger partial charge in [0.05, 0.1) is 13.7 Å². The number of imide groups is 1. The average molecular weight is 480 g/mol. The third kappa shape index (κ3) is 5.45. The molecule has 0 aliphatic carbocycles. The van der Waals surface area contributed by atoms with Gasteiger partial charge in [-0.05, 0) is 47.9 Å². The van der Waals surface area contributed by atoms with Crippen molar-refractivity contribution in [3.05, 3.63) is 24.3 Å². The maximum Gasteiger partial charge on any atom is 0.358 e. The molecule has 0 spiro atoms. The van der Waals surface area contributed by atoms with Gasteiger partial charge >= 0.3 is 17.2 Å². The zero-order valence-corrected chi connectivity index (χ0v) is 19.7. The van der Waals surface area contributed by atoms with E-state index in [1.165, 1.54) is 19.0 Å². The number of methoxy groups -OCH3 is 1. The molecule has 2 unspecified atom stereocenters. The van der Waals surface area contributed by atoms with Gasteiger partial charge in [-0.1, -0.05) is 0 Å². The number of aliphatic imine (C=N–C) groups is 1. The number of benzene rings is 1. The van der Waals surface area contributed by atoms with Crippen LogP contribution < -0.4 is 9.47 Å². The van der Waals surface area contributed by atoms with Crippen molar-refractivity contribution in [3.8, 4) is 11.5 Å². The van der Waals surface area contributed by atoms with E-state index in [0.29, 0.717) is 16.7 Å². The number of ether oxygens (including phenoxy) is 3. The molecular formula is C21H27N4O7S+. The number of carbonyl (C=O) groups is 3. The van der Waals surface area contributed by atoms with Crippen LogP contribution in [0.5, 0.6) is 11.5 Å². The maximum atomic E-state index is 12.9. The van der Waals surface area contributed by atoms with Gasteiger partial charge in [-0.3, -0.25) is 19.4 Å². The van der Waals surface area contributed by atoms with Crippen molar-refractivity contribution < 1.29 is 38.3 Å².